The van der Waals surface area contributed by atoms with E-state index in [9.17, 15) is 8.42 Å². The molecule has 1 aliphatic carbocycles. The average Bonchev–Trinajstić information content (AvgIpc) is 2.19. The standard InChI is InChI=1S/C9H16ClNO2S/c10-8-14(12,13)11-7-6-9-4-2-1-3-5-9/h4,11H,1-3,5-8H2. The van der Waals surface area contributed by atoms with Gasteiger partial charge in [-0.2, -0.15) is 0 Å². The number of hydrogen-bond acceptors (Lipinski definition) is 2. The van der Waals surface area contributed by atoms with Crippen molar-refractivity contribution < 1.29 is 8.42 Å². The Labute approximate surface area is 90.6 Å². The van der Waals surface area contributed by atoms with Crippen LogP contribution in [-0.4, -0.2) is 20.2 Å². The molecule has 14 heavy (non-hydrogen) atoms. The smallest absolute Gasteiger partial charge is 0.214 e. The summed E-state index contributed by atoms with van der Waals surface area (Å²) < 4.78 is 24.4. The third kappa shape index (κ3) is 4.44. The number of allylic oxidation sites excluding steroid dienone is 1. The van der Waals surface area contributed by atoms with Gasteiger partial charge in [0.25, 0.3) is 0 Å². The van der Waals surface area contributed by atoms with Crippen LogP contribution in [0.3, 0.4) is 0 Å². The van der Waals surface area contributed by atoms with Crippen molar-refractivity contribution in [3.05, 3.63) is 11.6 Å². The SMILES string of the molecule is O=S(=O)(CCl)NCCC1=CCCCC1. The van der Waals surface area contributed by atoms with Crippen molar-refractivity contribution in [3.63, 3.8) is 0 Å². The van der Waals surface area contributed by atoms with Gasteiger partial charge >= 0.3 is 0 Å². The Hall–Kier alpha value is -0.0600. The zero-order chi connectivity index (χ0) is 10.4. The van der Waals surface area contributed by atoms with Gasteiger partial charge in [0.15, 0.2) is 0 Å². The van der Waals surface area contributed by atoms with E-state index in [4.69, 9.17) is 11.6 Å². The van der Waals surface area contributed by atoms with Crippen LogP contribution in [0.2, 0.25) is 0 Å². The van der Waals surface area contributed by atoms with Crippen molar-refractivity contribution in [2.24, 2.45) is 0 Å². The molecule has 82 valence electrons. The molecule has 0 aromatic rings. The zero-order valence-electron chi connectivity index (χ0n) is 8.13. The second-order valence-corrected chi connectivity index (χ2v) is 5.87. The molecule has 0 aliphatic heterocycles. The topological polar surface area (TPSA) is 46.2 Å². The molecule has 0 spiro atoms. The fourth-order valence-electron chi connectivity index (χ4n) is 1.54. The number of alkyl halides is 1. The van der Waals surface area contributed by atoms with Crippen LogP contribution < -0.4 is 4.72 Å². The van der Waals surface area contributed by atoms with Gasteiger partial charge in [-0.1, -0.05) is 11.6 Å². The highest BCUT2D eigenvalue weighted by Gasteiger charge is 2.08. The van der Waals surface area contributed by atoms with Crippen LogP contribution in [0.15, 0.2) is 11.6 Å². The minimum atomic E-state index is -3.23. The van der Waals surface area contributed by atoms with Gasteiger partial charge < -0.3 is 0 Å². The molecule has 0 amide bonds. The number of hydrogen-bond donors (Lipinski definition) is 1. The molecule has 0 atom stereocenters. The number of halogens is 1. The van der Waals surface area contributed by atoms with Gasteiger partial charge in [-0.3, -0.25) is 0 Å². The first-order chi connectivity index (χ1) is 6.64. The molecule has 0 unspecified atom stereocenters. The van der Waals surface area contributed by atoms with E-state index in [2.05, 4.69) is 10.8 Å². The minimum Gasteiger partial charge on any atom is -0.214 e. The Morgan fingerprint density at radius 3 is 2.79 bits per heavy atom. The summed E-state index contributed by atoms with van der Waals surface area (Å²) in [4.78, 5) is 0. The lowest BCUT2D eigenvalue weighted by Crippen LogP contribution is -2.25. The molecule has 1 N–H and O–H groups in total. The van der Waals surface area contributed by atoms with Crippen molar-refractivity contribution in [3.8, 4) is 0 Å². The van der Waals surface area contributed by atoms with Crippen LogP contribution in [0.5, 0.6) is 0 Å². The van der Waals surface area contributed by atoms with Crippen molar-refractivity contribution >= 4 is 21.6 Å². The van der Waals surface area contributed by atoms with E-state index in [-0.39, 0.29) is 5.21 Å². The molecule has 0 radical (unpaired) electrons. The highest BCUT2D eigenvalue weighted by Crippen LogP contribution is 2.19. The quantitative estimate of drug-likeness (QED) is 0.587. The van der Waals surface area contributed by atoms with E-state index in [1.165, 1.54) is 18.4 Å². The zero-order valence-corrected chi connectivity index (χ0v) is 9.70. The van der Waals surface area contributed by atoms with Gasteiger partial charge in [0.2, 0.25) is 10.0 Å². The lowest BCUT2D eigenvalue weighted by atomic mass is 9.97. The van der Waals surface area contributed by atoms with Crippen LogP contribution in [0.4, 0.5) is 0 Å². The molecule has 0 bridgehead atoms. The molecule has 5 heteroatoms. The fourth-order valence-corrected chi connectivity index (χ4v) is 2.26. The van der Waals surface area contributed by atoms with Gasteiger partial charge in [0, 0.05) is 6.54 Å². The summed E-state index contributed by atoms with van der Waals surface area (Å²) in [5, 5.41) is -0.355. The fraction of sp³-hybridized carbons (Fsp3) is 0.778. The van der Waals surface area contributed by atoms with Crippen molar-refractivity contribution in [2.45, 2.75) is 32.1 Å². The third-order valence-corrected chi connectivity index (χ3v) is 4.09. The summed E-state index contributed by atoms with van der Waals surface area (Å²) in [6, 6.07) is 0. The van der Waals surface area contributed by atoms with Crippen molar-refractivity contribution in [2.75, 3.05) is 11.8 Å². The Balaban J connectivity index is 2.24. The van der Waals surface area contributed by atoms with Gasteiger partial charge in [0.1, 0.15) is 5.21 Å². The molecule has 0 heterocycles. The van der Waals surface area contributed by atoms with E-state index in [1.807, 2.05) is 0 Å². The Morgan fingerprint density at radius 2 is 2.21 bits per heavy atom. The molecule has 0 saturated carbocycles. The lowest BCUT2D eigenvalue weighted by Gasteiger charge is -2.12. The highest BCUT2D eigenvalue weighted by molar-refractivity contribution is 7.90. The van der Waals surface area contributed by atoms with Gasteiger partial charge in [-0.25, -0.2) is 13.1 Å². The summed E-state index contributed by atoms with van der Waals surface area (Å²) in [6.07, 6.45) is 7.78. The third-order valence-electron chi connectivity index (χ3n) is 2.30. The van der Waals surface area contributed by atoms with Crippen molar-refractivity contribution in [1.82, 2.24) is 4.72 Å². The summed E-state index contributed by atoms with van der Waals surface area (Å²) in [7, 11) is -3.23. The van der Waals surface area contributed by atoms with Gasteiger partial charge in [-0.15, -0.1) is 11.6 Å². The normalized spacial score (nSPS) is 17.9. The van der Waals surface area contributed by atoms with Crippen LogP contribution in [0.25, 0.3) is 0 Å². The molecular weight excluding hydrogens is 222 g/mol. The van der Waals surface area contributed by atoms with Crippen molar-refractivity contribution in [1.29, 1.82) is 0 Å². The summed E-state index contributed by atoms with van der Waals surface area (Å²) in [6.45, 7) is 0.473. The minimum absolute atomic E-state index is 0.355. The largest absolute Gasteiger partial charge is 0.225 e. The first kappa shape index (κ1) is 12.0. The van der Waals surface area contributed by atoms with Crippen LogP contribution >= 0.6 is 11.6 Å². The summed E-state index contributed by atoms with van der Waals surface area (Å²) in [5.41, 5.74) is 1.37. The molecule has 3 nitrogen and oxygen atoms in total. The Morgan fingerprint density at radius 1 is 1.43 bits per heavy atom. The van der Waals surface area contributed by atoms with E-state index in [0.29, 0.717) is 6.54 Å². The molecule has 0 fully saturated rings. The maximum atomic E-state index is 11.0. The highest BCUT2D eigenvalue weighted by atomic mass is 35.5. The van der Waals surface area contributed by atoms with E-state index >= 15 is 0 Å². The van der Waals surface area contributed by atoms with E-state index in [0.717, 1.165) is 19.3 Å². The average molecular weight is 238 g/mol. The Kier molecular flexibility index (Phi) is 4.92. The second-order valence-electron chi connectivity index (χ2n) is 3.48. The number of sulfonamides is 1. The van der Waals surface area contributed by atoms with Gasteiger partial charge in [-0.05, 0) is 32.1 Å². The van der Waals surface area contributed by atoms with E-state index in [1.54, 1.807) is 0 Å². The predicted octanol–water partition coefficient (Wildman–Crippen LogP) is 1.99. The molecule has 0 aromatic heterocycles. The molecule has 0 aromatic carbocycles. The number of rotatable bonds is 5. The van der Waals surface area contributed by atoms with Crippen LogP contribution in [-0.2, 0) is 10.0 Å². The molecule has 1 aliphatic rings. The van der Waals surface area contributed by atoms with Gasteiger partial charge in [0.05, 0.1) is 0 Å². The Bertz CT molecular complexity index is 298. The monoisotopic (exact) mass is 237 g/mol. The summed E-state index contributed by atoms with van der Waals surface area (Å²) in [5.74, 6) is 0. The molecular formula is C9H16ClNO2S. The maximum absolute atomic E-state index is 11.0. The first-order valence-electron chi connectivity index (χ1n) is 4.85. The van der Waals surface area contributed by atoms with E-state index < -0.39 is 10.0 Å². The first-order valence-corrected chi connectivity index (χ1v) is 7.04. The summed E-state index contributed by atoms with van der Waals surface area (Å²) >= 11 is 5.25. The number of nitrogens with one attached hydrogen (secondary N) is 1. The predicted molar refractivity (Wildman–Crippen MR) is 58.8 cm³/mol. The maximum Gasteiger partial charge on any atom is 0.225 e. The molecule has 0 saturated heterocycles. The van der Waals surface area contributed by atoms with Crippen LogP contribution in [0, 0.1) is 0 Å². The van der Waals surface area contributed by atoms with Crippen LogP contribution in [0.1, 0.15) is 32.1 Å². The molecule has 1 rings (SSSR count). The second kappa shape index (κ2) is 5.73. The lowest BCUT2D eigenvalue weighted by molar-refractivity contribution is 0.584.